The van der Waals surface area contributed by atoms with Crippen molar-refractivity contribution in [3.8, 4) is 0 Å². The van der Waals surface area contributed by atoms with E-state index in [2.05, 4.69) is 0 Å². The molecular weight excluding hydrogens is 316 g/mol. The minimum absolute atomic E-state index is 0.113. The van der Waals surface area contributed by atoms with E-state index in [-0.39, 0.29) is 18.7 Å². The van der Waals surface area contributed by atoms with Crippen LogP contribution in [0.1, 0.15) is 0 Å². The number of para-hydroxylation sites is 2. The Morgan fingerprint density at radius 2 is 0.960 bits per heavy atom. The molecule has 4 amide bonds. The molecule has 2 rings (SSSR count). The summed E-state index contributed by atoms with van der Waals surface area (Å²) >= 11 is 0. The molecule has 0 atom stereocenters. The average molecular weight is 340 g/mol. The molecule has 0 aliphatic rings. The summed E-state index contributed by atoms with van der Waals surface area (Å²) < 4.78 is 0. The third-order valence-electron chi connectivity index (χ3n) is 3.65. The van der Waals surface area contributed by atoms with Crippen LogP contribution in [-0.2, 0) is 0 Å². The molecule has 2 aromatic carbocycles. The summed E-state index contributed by atoms with van der Waals surface area (Å²) in [5.41, 5.74) is 1.46. The second-order valence-corrected chi connectivity index (χ2v) is 6.02. The Hall–Kier alpha value is -3.02. The van der Waals surface area contributed by atoms with Crippen molar-refractivity contribution in [1.82, 2.24) is 9.80 Å². The first-order chi connectivity index (χ1) is 11.9. The zero-order valence-corrected chi connectivity index (χ0v) is 15.1. The summed E-state index contributed by atoms with van der Waals surface area (Å²) in [4.78, 5) is 31.6. The highest BCUT2D eigenvalue weighted by molar-refractivity contribution is 5.97. The molecule has 0 aliphatic carbocycles. The summed E-state index contributed by atoms with van der Waals surface area (Å²) in [5, 5.41) is 0. The number of urea groups is 2. The van der Waals surface area contributed by atoms with Crippen molar-refractivity contribution >= 4 is 23.4 Å². The van der Waals surface area contributed by atoms with E-state index in [4.69, 9.17) is 0 Å². The topological polar surface area (TPSA) is 47.1 Å². The normalized spacial score (nSPS) is 10.1. The molecule has 0 saturated carbocycles. The first kappa shape index (κ1) is 18.3. The molecule has 132 valence electrons. The number of hydrogen-bond acceptors (Lipinski definition) is 2. The fourth-order valence-corrected chi connectivity index (χ4v) is 2.35. The van der Waals surface area contributed by atoms with E-state index in [0.29, 0.717) is 0 Å². The molecule has 0 aliphatic heterocycles. The van der Waals surface area contributed by atoms with Crippen LogP contribution >= 0.6 is 0 Å². The van der Waals surface area contributed by atoms with Gasteiger partial charge in [0.1, 0.15) is 6.67 Å². The maximum absolute atomic E-state index is 12.7. The van der Waals surface area contributed by atoms with E-state index in [1.54, 1.807) is 38.0 Å². The molecule has 0 saturated heterocycles. The van der Waals surface area contributed by atoms with E-state index < -0.39 is 0 Å². The van der Waals surface area contributed by atoms with Gasteiger partial charge < -0.3 is 9.80 Å². The highest BCUT2D eigenvalue weighted by Crippen LogP contribution is 2.20. The van der Waals surface area contributed by atoms with Crippen LogP contribution in [0.4, 0.5) is 21.0 Å². The van der Waals surface area contributed by atoms with Crippen LogP contribution < -0.4 is 9.80 Å². The third kappa shape index (κ3) is 4.50. The SMILES string of the molecule is CN(C)C(=O)N(CN(C(=O)N(C)C)c1ccccc1)c1ccccc1. The first-order valence-electron chi connectivity index (χ1n) is 7.99. The number of amides is 4. The van der Waals surface area contributed by atoms with Gasteiger partial charge in [-0.05, 0) is 24.3 Å². The Morgan fingerprint density at radius 3 is 1.24 bits per heavy atom. The van der Waals surface area contributed by atoms with Crippen LogP contribution in [-0.4, -0.2) is 56.7 Å². The lowest BCUT2D eigenvalue weighted by Crippen LogP contribution is -2.50. The maximum Gasteiger partial charge on any atom is 0.325 e. The Kier molecular flexibility index (Phi) is 6.00. The number of benzene rings is 2. The smallest absolute Gasteiger partial charge is 0.325 e. The molecule has 0 unspecified atom stereocenters. The highest BCUT2D eigenvalue weighted by atomic mass is 16.2. The summed E-state index contributed by atoms with van der Waals surface area (Å²) in [6.07, 6.45) is 0. The summed E-state index contributed by atoms with van der Waals surface area (Å²) in [6.45, 7) is 0.113. The molecule has 0 aromatic heterocycles. The van der Waals surface area contributed by atoms with Gasteiger partial charge in [-0.2, -0.15) is 0 Å². The number of hydrogen-bond donors (Lipinski definition) is 0. The summed E-state index contributed by atoms with van der Waals surface area (Å²) in [5.74, 6) is 0. The zero-order valence-electron chi connectivity index (χ0n) is 15.1. The van der Waals surface area contributed by atoms with Gasteiger partial charge in [-0.15, -0.1) is 0 Å². The molecule has 0 radical (unpaired) electrons. The van der Waals surface area contributed by atoms with Crippen molar-refractivity contribution in [2.45, 2.75) is 0 Å². The fourth-order valence-electron chi connectivity index (χ4n) is 2.35. The minimum atomic E-state index is -0.196. The number of anilines is 2. The number of carbonyl (C=O) groups is 2. The van der Waals surface area contributed by atoms with Gasteiger partial charge in [-0.1, -0.05) is 36.4 Å². The Morgan fingerprint density at radius 1 is 0.640 bits per heavy atom. The molecule has 0 heterocycles. The van der Waals surface area contributed by atoms with Crippen molar-refractivity contribution in [2.75, 3.05) is 44.7 Å². The van der Waals surface area contributed by atoms with Crippen LogP contribution in [0.15, 0.2) is 60.7 Å². The number of carbonyl (C=O) groups excluding carboxylic acids is 2. The van der Waals surface area contributed by atoms with Crippen LogP contribution in [0.3, 0.4) is 0 Å². The largest absolute Gasteiger partial charge is 0.330 e. The van der Waals surface area contributed by atoms with Gasteiger partial charge in [0.15, 0.2) is 0 Å². The van der Waals surface area contributed by atoms with Gasteiger partial charge in [-0.3, -0.25) is 9.80 Å². The number of rotatable bonds is 4. The fraction of sp³-hybridized carbons (Fsp3) is 0.263. The quantitative estimate of drug-likeness (QED) is 0.802. The third-order valence-corrected chi connectivity index (χ3v) is 3.65. The molecule has 2 aromatic rings. The predicted octanol–water partition coefficient (Wildman–Crippen LogP) is 3.32. The standard InChI is InChI=1S/C19H24N4O2/c1-20(2)18(24)22(16-11-7-5-8-12-16)15-23(19(25)21(3)4)17-13-9-6-10-14-17/h5-14H,15H2,1-4H3. The van der Waals surface area contributed by atoms with Crippen LogP contribution in [0.5, 0.6) is 0 Å². The Labute approximate surface area is 148 Å². The Bertz CT molecular complexity index is 640. The lowest BCUT2D eigenvalue weighted by Gasteiger charge is -2.33. The lowest BCUT2D eigenvalue weighted by molar-refractivity contribution is 0.219. The van der Waals surface area contributed by atoms with E-state index in [1.807, 2.05) is 60.7 Å². The average Bonchev–Trinajstić information content (AvgIpc) is 2.63. The molecule has 6 nitrogen and oxygen atoms in total. The van der Waals surface area contributed by atoms with Crippen molar-refractivity contribution in [2.24, 2.45) is 0 Å². The van der Waals surface area contributed by atoms with Gasteiger partial charge in [0, 0.05) is 39.6 Å². The van der Waals surface area contributed by atoms with Crippen molar-refractivity contribution < 1.29 is 9.59 Å². The molecule has 25 heavy (non-hydrogen) atoms. The molecular formula is C19H24N4O2. The van der Waals surface area contributed by atoms with Crippen molar-refractivity contribution in [1.29, 1.82) is 0 Å². The molecule has 0 N–H and O–H groups in total. The van der Waals surface area contributed by atoms with Crippen LogP contribution in [0.25, 0.3) is 0 Å². The lowest BCUT2D eigenvalue weighted by atomic mass is 10.3. The van der Waals surface area contributed by atoms with Gasteiger partial charge >= 0.3 is 12.1 Å². The molecule has 0 fully saturated rings. The maximum atomic E-state index is 12.7. The first-order valence-corrected chi connectivity index (χ1v) is 7.99. The molecule has 0 bridgehead atoms. The molecule has 6 heteroatoms. The van der Waals surface area contributed by atoms with Gasteiger partial charge in [0.25, 0.3) is 0 Å². The van der Waals surface area contributed by atoms with E-state index >= 15 is 0 Å². The second-order valence-electron chi connectivity index (χ2n) is 6.02. The van der Waals surface area contributed by atoms with Crippen LogP contribution in [0.2, 0.25) is 0 Å². The highest BCUT2D eigenvalue weighted by Gasteiger charge is 2.25. The van der Waals surface area contributed by atoms with E-state index in [9.17, 15) is 9.59 Å². The summed E-state index contributed by atoms with van der Waals surface area (Å²) in [7, 11) is 6.77. The van der Waals surface area contributed by atoms with Gasteiger partial charge in [-0.25, -0.2) is 9.59 Å². The number of nitrogens with zero attached hydrogens (tertiary/aromatic N) is 4. The minimum Gasteiger partial charge on any atom is -0.330 e. The van der Waals surface area contributed by atoms with Gasteiger partial charge in [0.05, 0.1) is 0 Å². The second kappa shape index (κ2) is 8.19. The van der Waals surface area contributed by atoms with Gasteiger partial charge in [0.2, 0.25) is 0 Å². The monoisotopic (exact) mass is 340 g/mol. The predicted molar refractivity (Wildman–Crippen MR) is 101 cm³/mol. The zero-order chi connectivity index (χ0) is 18.4. The summed E-state index contributed by atoms with van der Waals surface area (Å²) in [6, 6.07) is 18.3. The van der Waals surface area contributed by atoms with Crippen molar-refractivity contribution in [3.63, 3.8) is 0 Å². The van der Waals surface area contributed by atoms with E-state index in [0.717, 1.165) is 11.4 Å². The molecule has 0 spiro atoms. The Balaban J connectivity index is 2.41. The van der Waals surface area contributed by atoms with Crippen LogP contribution in [0, 0.1) is 0 Å². The van der Waals surface area contributed by atoms with E-state index in [1.165, 1.54) is 9.80 Å². The van der Waals surface area contributed by atoms with Crippen molar-refractivity contribution in [3.05, 3.63) is 60.7 Å².